The summed E-state index contributed by atoms with van der Waals surface area (Å²) >= 11 is 0. The molecule has 0 aliphatic heterocycles. The Morgan fingerprint density at radius 1 is 1.26 bits per heavy atom. The lowest BCUT2D eigenvalue weighted by Gasteiger charge is -2.43. The van der Waals surface area contributed by atoms with Gasteiger partial charge < -0.3 is 25.3 Å². The molecule has 1 aromatic heterocycles. The highest BCUT2D eigenvalue weighted by Gasteiger charge is 2.38. The molecule has 192 valence electrons. The lowest BCUT2D eigenvalue weighted by Crippen LogP contribution is -2.57. The number of fused-ring (bicyclic) bond motifs is 1. The van der Waals surface area contributed by atoms with Gasteiger partial charge >= 0.3 is 6.09 Å². The molecule has 1 amide bonds. The highest BCUT2D eigenvalue weighted by Crippen LogP contribution is 2.31. The Bertz CT molecular complexity index is 932. The number of carboxylic acid groups (broad SMARTS) is 1. The molecule has 7 nitrogen and oxygen atoms in total. The highest BCUT2D eigenvalue weighted by molar-refractivity contribution is 5.84. The molecule has 3 atom stereocenters. The Hall–Kier alpha value is -2.09. The van der Waals surface area contributed by atoms with E-state index in [0.717, 1.165) is 25.9 Å². The van der Waals surface area contributed by atoms with Crippen molar-refractivity contribution < 1.29 is 19.7 Å². The molecule has 0 spiro atoms. The van der Waals surface area contributed by atoms with Gasteiger partial charge in [0, 0.05) is 49.9 Å². The molecule has 2 rings (SSSR count). The molecule has 1 heterocycles. The highest BCUT2D eigenvalue weighted by atomic mass is 16.5. The van der Waals surface area contributed by atoms with Gasteiger partial charge in [-0.1, -0.05) is 19.9 Å². The first-order valence-electron chi connectivity index (χ1n) is 12.4. The van der Waals surface area contributed by atoms with Gasteiger partial charge in [0.05, 0.1) is 12.1 Å². The summed E-state index contributed by atoms with van der Waals surface area (Å²) in [6, 6.07) is 6.05. The van der Waals surface area contributed by atoms with Gasteiger partial charge in [-0.25, -0.2) is 4.79 Å². The topological polar surface area (TPSA) is 101 Å². The molecule has 1 aromatic carbocycles. The molecule has 4 N–H and O–H groups in total. The van der Waals surface area contributed by atoms with Crippen molar-refractivity contribution in [3.05, 3.63) is 35.5 Å². The number of benzene rings is 1. The average Bonchev–Trinajstić information content (AvgIpc) is 3.05. The van der Waals surface area contributed by atoms with E-state index in [1.165, 1.54) is 26.9 Å². The number of hydrogen-bond donors (Lipinski definition) is 3. The first-order valence-corrected chi connectivity index (χ1v) is 12.4. The number of methoxy groups -OCH3 is 1. The lowest BCUT2D eigenvalue weighted by atomic mass is 9.81. The Balaban J connectivity index is 2.35. The molecule has 0 aliphatic rings. The van der Waals surface area contributed by atoms with Gasteiger partial charge in [-0.15, -0.1) is 0 Å². The number of aliphatic hydroxyl groups is 1. The maximum absolute atomic E-state index is 12.2. The Morgan fingerprint density at radius 2 is 1.94 bits per heavy atom. The van der Waals surface area contributed by atoms with Crippen LogP contribution in [0, 0.1) is 11.8 Å². The third-order valence-electron chi connectivity index (χ3n) is 6.86. The fraction of sp³-hybridized carbons (Fsp3) is 0.667. The van der Waals surface area contributed by atoms with Crippen LogP contribution in [0.5, 0.6) is 0 Å². The van der Waals surface area contributed by atoms with Gasteiger partial charge in [-0.3, -0.25) is 4.90 Å². The number of hydrogen-bond acceptors (Lipinski definition) is 4. The quantitative estimate of drug-likeness (QED) is 0.394. The third kappa shape index (κ3) is 6.96. The van der Waals surface area contributed by atoms with E-state index >= 15 is 0 Å². The molecule has 3 unspecified atom stereocenters. The molecule has 0 bridgehead atoms. The van der Waals surface area contributed by atoms with E-state index < -0.39 is 23.8 Å². The molecule has 34 heavy (non-hydrogen) atoms. The third-order valence-corrected chi connectivity index (χ3v) is 6.86. The van der Waals surface area contributed by atoms with Crippen LogP contribution in [-0.2, 0) is 24.6 Å². The first-order chi connectivity index (χ1) is 15.9. The number of rotatable bonds is 12. The molecular weight excluding hydrogens is 430 g/mol. The molecule has 7 heteroatoms. The van der Waals surface area contributed by atoms with Gasteiger partial charge in [-0.2, -0.15) is 0 Å². The number of nitrogens with zero attached hydrogens (tertiary/aromatic N) is 2. The van der Waals surface area contributed by atoms with Crippen LogP contribution in [0.4, 0.5) is 4.79 Å². The smallest absolute Gasteiger partial charge is 0.408 e. The van der Waals surface area contributed by atoms with Crippen molar-refractivity contribution in [3.63, 3.8) is 0 Å². The second-order valence-electron chi connectivity index (χ2n) is 10.9. The fourth-order valence-electron chi connectivity index (χ4n) is 4.98. The monoisotopic (exact) mass is 475 g/mol. The van der Waals surface area contributed by atoms with Crippen molar-refractivity contribution in [1.29, 1.82) is 0 Å². The van der Waals surface area contributed by atoms with Crippen LogP contribution in [0.15, 0.2) is 24.4 Å². The number of aromatic nitrogens is 1. The van der Waals surface area contributed by atoms with Crippen LogP contribution in [0.1, 0.15) is 58.6 Å². The summed E-state index contributed by atoms with van der Waals surface area (Å²) in [5.41, 5.74) is 8.92. The maximum atomic E-state index is 12.2. The molecule has 0 saturated heterocycles. The molecule has 0 radical (unpaired) electrons. The maximum Gasteiger partial charge on any atom is 0.408 e. The van der Waals surface area contributed by atoms with Crippen molar-refractivity contribution in [2.75, 3.05) is 20.3 Å². The van der Waals surface area contributed by atoms with Crippen LogP contribution in [0.2, 0.25) is 0 Å². The van der Waals surface area contributed by atoms with Crippen LogP contribution in [-0.4, -0.2) is 63.7 Å². The summed E-state index contributed by atoms with van der Waals surface area (Å²) in [5.74, 6) is 0.504. The summed E-state index contributed by atoms with van der Waals surface area (Å²) in [6.45, 7) is 10.7. The predicted molar refractivity (Wildman–Crippen MR) is 138 cm³/mol. The molecular formula is C27H45N3O4. The average molecular weight is 476 g/mol. The van der Waals surface area contributed by atoms with Gasteiger partial charge in [-0.05, 0) is 81.5 Å². The SMILES string of the molecule is COCCCc1cn(C)c2ccc(CC(CC(C(O)CN)N(C(=O)O)C(C)(C)C)C(C)C)cc12. The minimum atomic E-state index is -1.03. The lowest BCUT2D eigenvalue weighted by molar-refractivity contribution is -0.00212. The molecule has 0 aliphatic carbocycles. The number of nitrogens with two attached hydrogens (primary N) is 1. The van der Waals surface area contributed by atoms with Crippen molar-refractivity contribution in [2.45, 2.75) is 78.0 Å². The van der Waals surface area contributed by atoms with Gasteiger partial charge in [0.25, 0.3) is 0 Å². The molecule has 0 fully saturated rings. The van der Waals surface area contributed by atoms with Crippen LogP contribution in [0.25, 0.3) is 10.9 Å². The van der Waals surface area contributed by atoms with Crippen molar-refractivity contribution >= 4 is 17.0 Å². The molecule has 2 aromatic rings. The number of aryl methyl sites for hydroxylation is 2. The fourth-order valence-corrected chi connectivity index (χ4v) is 4.98. The van der Waals surface area contributed by atoms with Gasteiger partial charge in [0.1, 0.15) is 0 Å². The second-order valence-corrected chi connectivity index (χ2v) is 10.9. The summed E-state index contributed by atoms with van der Waals surface area (Å²) in [5, 5.41) is 22.0. The standard InChI is InChI=1S/C27H45N3O4/c1-18(2)21(15-24(25(31)16-28)30(26(32)33)27(3,4)5)13-19-10-11-23-22(14-19)20(17-29(23)6)9-8-12-34-7/h10-11,14,17-18,21,24-25,31H,8-9,12-13,15-16,28H2,1-7H3,(H,32,33). The summed E-state index contributed by atoms with van der Waals surface area (Å²) in [7, 11) is 3.80. The second kappa shape index (κ2) is 12.0. The summed E-state index contributed by atoms with van der Waals surface area (Å²) < 4.78 is 7.40. The van der Waals surface area contributed by atoms with E-state index in [4.69, 9.17) is 10.5 Å². The first kappa shape index (κ1) is 28.1. The summed E-state index contributed by atoms with van der Waals surface area (Å²) in [4.78, 5) is 13.6. The van der Waals surface area contributed by atoms with E-state index in [9.17, 15) is 15.0 Å². The number of carbonyl (C=O) groups is 1. The Labute approximate surface area is 204 Å². The van der Waals surface area contributed by atoms with E-state index in [1.54, 1.807) is 7.11 Å². The van der Waals surface area contributed by atoms with Crippen molar-refractivity contribution in [1.82, 2.24) is 9.47 Å². The van der Waals surface area contributed by atoms with Crippen molar-refractivity contribution in [2.24, 2.45) is 24.6 Å². The minimum Gasteiger partial charge on any atom is -0.465 e. The number of amides is 1. The van der Waals surface area contributed by atoms with Gasteiger partial charge in [0.2, 0.25) is 0 Å². The zero-order valence-corrected chi connectivity index (χ0v) is 22.0. The zero-order chi connectivity index (χ0) is 25.6. The molecule has 0 saturated carbocycles. The number of ether oxygens (including phenoxy) is 1. The predicted octanol–water partition coefficient (Wildman–Crippen LogP) is 4.43. The number of aliphatic hydroxyl groups excluding tert-OH is 1. The van der Waals surface area contributed by atoms with Crippen LogP contribution < -0.4 is 5.73 Å². The normalized spacial score (nSPS) is 15.0. The van der Waals surface area contributed by atoms with Crippen LogP contribution in [0.3, 0.4) is 0 Å². The van der Waals surface area contributed by atoms with Gasteiger partial charge in [0.15, 0.2) is 0 Å². The van der Waals surface area contributed by atoms with Crippen LogP contribution >= 0.6 is 0 Å². The Morgan fingerprint density at radius 3 is 2.47 bits per heavy atom. The largest absolute Gasteiger partial charge is 0.465 e. The van der Waals surface area contributed by atoms with Crippen molar-refractivity contribution in [3.8, 4) is 0 Å². The van der Waals surface area contributed by atoms with E-state index in [2.05, 4.69) is 49.9 Å². The Kier molecular flexibility index (Phi) is 9.97. The minimum absolute atomic E-state index is 0.0240. The van der Waals surface area contributed by atoms with E-state index in [1.807, 2.05) is 20.8 Å². The van der Waals surface area contributed by atoms with E-state index in [0.29, 0.717) is 12.3 Å². The zero-order valence-electron chi connectivity index (χ0n) is 22.0. The van der Waals surface area contributed by atoms with E-state index in [-0.39, 0.29) is 12.5 Å². The summed E-state index contributed by atoms with van der Waals surface area (Å²) in [6.07, 6.45) is 3.56.